The number of halogens is 3. The topological polar surface area (TPSA) is 50.9 Å². The summed E-state index contributed by atoms with van der Waals surface area (Å²) in [7, 11) is 0. The maximum Gasteiger partial charge on any atom is 0.416 e. The summed E-state index contributed by atoms with van der Waals surface area (Å²) < 4.78 is 39.3. The summed E-state index contributed by atoms with van der Waals surface area (Å²) in [6.07, 6.45) is -3.63. The Labute approximate surface area is 130 Å². The van der Waals surface area contributed by atoms with Gasteiger partial charge in [0.25, 0.3) is 0 Å². The van der Waals surface area contributed by atoms with E-state index in [-0.39, 0.29) is 11.8 Å². The van der Waals surface area contributed by atoms with E-state index in [0.717, 1.165) is 12.1 Å². The number of aliphatic hydroxyl groups is 1. The van der Waals surface area contributed by atoms with Crippen molar-refractivity contribution in [3.63, 3.8) is 0 Å². The van der Waals surface area contributed by atoms with Gasteiger partial charge < -0.3 is 9.67 Å². The van der Waals surface area contributed by atoms with Gasteiger partial charge in [-0.15, -0.1) is 10.2 Å². The average Bonchev–Trinajstić information content (AvgIpc) is 2.92. The molecule has 8 heteroatoms. The van der Waals surface area contributed by atoms with E-state index in [2.05, 4.69) is 10.2 Å². The van der Waals surface area contributed by atoms with Gasteiger partial charge in [-0.1, -0.05) is 23.9 Å². The van der Waals surface area contributed by atoms with Crippen molar-refractivity contribution in [1.29, 1.82) is 0 Å². The lowest BCUT2D eigenvalue weighted by molar-refractivity contribution is -0.137. The predicted octanol–water partition coefficient (Wildman–Crippen LogP) is 3.70. The molecule has 0 spiro atoms. The molecule has 2 aromatic rings. The van der Waals surface area contributed by atoms with Gasteiger partial charge in [0.15, 0.2) is 5.16 Å². The first-order valence-electron chi connectivity index (χ1n) is 6.66. The van der Waals surface area contributed by atoms with Crippen LogP contribution < -0.4 is 0 Å². The lowest BCUT2D eigenvalue weighted by Gasteiger charge is -2.13. The van der Waals surface area contributed by atoms with Gasteiger partial charge >= 0.3 is 6.18 Å². The Morgan fingerprint density at radius 3 is 2.41 bits per heavy atom. The van der Waals surface area contributed by atoms with Gasteiger partial charge in [0, 0.05) is 11.8 Å². The van der Waals surface area contributed by atoms with E-state index in [4.69, 9.17) is 0 Å². The highest BCUT2D eigenvalue weighted by molar-refractivity contribution is 7.99. The molecule has 22 heavy (non-hydrogen) atoms. The number of nitrogens with zero attached hydrogens (tertiary/aromatic N) is 3. The van der Waals surface area contributed by atoms with E-state index in [1.54, 1.807) is 6.33 Å². The van der Waals surface area contributed by atoms with Crippen LogP contribution in [0, 0.1) is 0 Å². The maximum absolute atomic E-state index is 12.5. The molecule has 0 bridgehead atoms. The second-order valence-electron chi connectivity index (χ2n) is 5.06. The Hall–Kier alpha value is -1.54. The molecule has 0 saturated carbocycles. The molecule has 0 fully saturated rings. The van der Waals surface area contributed by atoms with Gasteiger partial charge in [-0.05, 0) is 31.5 Å². The Balaban J connectivity index is 2.00. The normalized spacial score (nSPS) is 13.6. The fourth-order valence-corrected chi connectivity index (χ4v) is 2.84. The summed E-state index contributed by atoms with van der Waals surface area (Å²) in [5.41, 5.74) is -0.285. The van der Waals surface area contributed by atoms with E-state index in [1.807, 2.05) is 18.4 Å². The van der Waals surface area contributed by atoms with Crippen molar-refractivity contribution in [2.24, 2.45) is 0 Å². The molecule has 120 valence electrons. The minimum atomic E-state index is -4.37. The third-order valence-electron chi connectivity index (χ3n) is 3.09. The largest absolute Gasteiger partial charge is 0.416 e. The number of alkyl halides is 3. The number of rotatable bonds is 5. The minimum absolute atomic E-state index is 0.195. The smallest absolute Gasteiger partial charge is 0.388 e. The molecule has 1 heterocycles. The number of aliphatic hydroxyl groups excluding tert-OH is 1. The zero-order chi connectivity index (χ0) is 16.3. The van der Waals surface area contributed by atoms with Crippen molar-refractivity contribution in [1.82, 2.24) is 14.8 Å². The van der Waals surface area contributed by atoms with Crippen molar-refractivity contribution in [3.05, 3.63) is 41.7 Å². The summed E-state index contributed by atoms with van der Waals surface area (Å²) in [5, 5.41) is 18.5. The first-order chi connectivity index (χ1) is 10.3. The number of hydrogen-bond acceptors (Lipinski definition) is 4. The van der Waals surface area contributed by atoms with Crippen LogP contribution in [-0.4, -0.2) is 25.6 Å². The lowest BCUT2D eigenvalue weighted by Crippen LogP contribution is -2.07. The monoisotopic (exact) mass is 331 g/mol. The van der Waals surface area contributed by atoms with Crippen molar-refractivity contribution in [2.45, 2.75) is 37.3 Å². The number of thioether (sulfide) groups is 1. The number of aromatic nitrogens is 3. The molecule has 0 saturated heterocycles. The molecule has 1 N–H and O–H groups in total. The molecule has 1 unspecified atom stereocenters. The van der Waals surface area contributed by atoms with Gasteiger partial charge in [0.05, 0.1) is 11.7 Å². The highest BCUT2D eigenvalue weighted by Gasteiger charge is 2.30. The summed E-state index contributed by atoms with van der Waals surface area (Å²) in [6, 6.07) is 4.72. The van der Waals surface area contributed by atoms with Crippen LogP contribution in [0.3, 0.4) is 0 Å². The standard InChI is InChI=1S/C14H16F3N3OS/c1-9(2)20-8-18-19-13(20)22-7-12(21)10-3-5-11(6-4-10)14(15,16)17/h3-6,8-9,12,21H,7H2,1-2H3. The molecule has 0 radical (unpaired) electrons. The van der Waals surface area contributed by atoms with Crippen LogP contribution in [0.5, 0.6) is 0 Å². The average molecular weight is 331 g/mol. The molecule has 1 aromatic carbocycles. The summed E-state index contributed by atoms with van der Waals surface area (Å²) in [4.78, 5) is 0. The molecule has 4 nitrogen and oxygen atoms in total. The first-order valence-corrected chi connectivity index (χ1v) is 7.65. The van der Waals surface area contributed by atoms with Gasteiger partial charge in [0.1, 0.15) is 6.33 Å². The molecule has 0 amide bonds. The second-order valence-corrected chi connectivity index (χ2v) is 6.05. The van der Waals surface area contributed by atoms with Crippen LogP contribution in [0.4, 0.5) is 13.2 Å². The fourth-order valence-electron chi connectivity index (χ4n) is 1.83. The van der Waals surface area contributed by atoms with E-state index in [1.165, 1.54) is 23.9 Å². The van der Waals surface area contributed by atoms with Crippen molar-refractivity contribution >= 4 is 11.8 Å². The molecule has 1 atom stereocenters. The molecular weight excluding hydrogens is 315 g/mol. The SMILES string of the molecule is CC(C)n1cnnc1SCC(O)c1ccc(C(F)(F)F)cc1. The van der Waals surface area contributed by atoms with Crippen LogP contribution in [-0.2, 0) is 6.18 Å². The Morgan fingerprint density at radius 2 is 1.86 bits per heavy atom. The van der Waals surface area contributed by atoms with Crippen LogP contribution in [0.2, 0.25) is 0 Å². The predicted molar refractivity (Wildman–Crippen MR) is 77.5 cm³/mol. The van der Waals surface area contributed by atoms with Crippen LogP contribution in [0.25, 0.3) is 0 Å². The van der Waals surface area contributed by atoms with Gasteiger partial charge in [-0.3, -0.25) is 0 Å². The van der Waals surface area contributed by atoms with E-state index >= 15 is 0 Å². The van der Waals surface area contributed by atoms with Crippen LogP contribution in [0.15, 0.2) is 35.7 Å². The van der Waals surface area contributed by atoms with Crippen molar-refractivity contribution < 1.29 is 18.3 Å². The quantitative estimate of drug-likeness (QED) is 0.849. The van der Waals surface area contributed by atoms with Crippen molar-refractivity contribution in [3.8, 4) is 0 Å². The third-order valence-corrected chi connectivity index (χ3v) is 4.12. The molecular formula is C14H16F3N3OS. The highest BCUT2D eigenvalue weighted by Crippen LogP contribution is 2.31. The Bertz CT molecular complexity index is 611. The molecule has 2 rings (SSSR count). The molecule has 1 aromatic heterocycles. The van der Waals surface area contributed by atoms with Gasteiger partial charge in [0.2, 0.25) is 0 Å². The van der Waals surface area contributed by atoms with Crippen molar-refractivity contribution in [2.75, 3.05) is 5.75 Å². The summed E-state index contributed by atoms with van der Waals surface area (Å²) >= 11 is 1.31. The minimum Gasteiger partial charge on any atom is -0.388 e. The Morgan fingerprint density at radius 1 is 1.23 bits per heavy atom. The highest BCUT2D eigenvalue weighted by atomic mass is 32.2. The second kappa shape index (κ2) is 6.70. The van der Waals surface area contributed by atoms with Gasteiger partial charge in [-0.2, -0.15) is 13.2 Å². The number of benzene rings is 1. The zero-order valence-corrected chi connectivity index (χ0v) is 12.9. The molecule has 0 aliphatic carbocycles. The third kappa shape index (κ3) is 4.01. The van der Waals surface area contributed by atoms with Gasteiger partial charge in [-0.25, -0.2) is 0 Å². The summed E-state index contributed by atoms with van der Waals surface area (Å²) in [5.74, 6) is 0.288. The zero-order valence-electron chi connectivity index (χ0n) is 12.1. The van der Waals surface area contributed by atoms with Crippen LogP contribution in [0.1, 0.15) is 37.1 Å². The number of hydrogen-bond donors (Lipinski definition) is 1. The van der Waals surface area contributed by atoms with E-state index < -0.39 is 17.8 Å². The molecule has 0 aliphatic rings. The van der Waals surface area contributed by atoms with E-state index in [9.17, 15) is 18.3 Å². The lowest BCUT2D eigenvalue weighted by atomic mass is 10.1. The first kappa shape index (κ1) is 16.8. The fraction of sp³-hybridized carbons (Fsp3) is 0.429. The molecule has 0 aliphatic heterocycles. The maximum atomic E-state index is 12.5. The van der Waals surface area contributed by atoms with Crippen LogP contribution >= 0.6 is 11.8 Å². The van der Waals surface area contributed by atoms with E-state index in [0.29, 0.717) is 10.7 Å². The Kier molecular flexibility index (Phi) is 5.12. The summed E-state index contributed by atoms with van der Waals surface area (Å²) in [6.45, 7) is 3.97.